The van der Waals surface area contributed by atoms with Gasteiger partial charge in [-0.2, -0.15) is 0 Å². The Morgan fingerprint density at radius 2 is 1.45 bits per heavy atom. The lowest BCUT2D eigenvalue weighted by molar-refractivity contribution is 0.865. The minimum atomic E-state index is 1.58. The zero-order valence-electron chi connectivity index (χ0n) is 5.88. The Hall–Kier alpha value is -1.71. The number of nitrogens with zero attached hydrogens (tertiary/aromatic N) is 3. The molecule has 0 atom stereocenters. The molecule has 0 unspecified atom stereocenters. The molecule has 0 saturated carbocycles. The normalized spacial score (nSPS) is 8.00. The molecule has 4 heteroatoms. The molecule has 11 heavy (non-hydrogen) atoms. The highest BCUT2D eigenvalue weighted by atomic mass is 15.3. The van der Waals surface area contributed by atoms with Crippen LogP contribution >= 0.6 is 0 Å². The Labute approximate surface area is 64.3 Å². The van der Waals surface area contributed by atoms with Crippen LogP contribution in [0.2, 0.25) is 0 Å². The molecule has 0 aromatic carbocycles. The van der Waals surface area contributed by atoms with Crippen molar-refractivity contribution in [3.05, 3.63) is 43.0 Å². The number of aromatic nitrogens is 4. The molecule has 0 aliphatic heterocycles. The van der Waals surface area contributed by atoms with Gasteiger partial charge >= 0.3 is 0 Å². The van der Waals surface area contributed by atoms with Gasteiger partial charge in [0.2, 0.25) is 0 Å². The highest BCUT2D eigenvalue weighted by Gasteiger charge is 1.60. The Morgan fingerprint density at radius 3 is 1.64 bits per heavy atom. The number of hydrogen-bond donors (Lipinski definition) is 1. The van der Waals surface area contributed by atoms with E-state index in [0.717, 1.165) is 0 Å². The van der Waals surface area contributed by atoms with E-state index < -0.39 is 0 Å². The Kier molecular flexibility index (Phi) is 3.43. The van der Waals surface area contributed by atoms with Gasteiger partial charge in [-0.3, -0.25) is 0 Å². The van der Waals surface area contributed by atoms with Crippen LogP contribution in [0.15, 0.2) is 43.0 Å². The van der Waals surface area contributed by atoms with Crippen LogP contribution in [0.1, 0.15) is 0 Å². The summed E-state index contributed by atoms with van der Waals surface area (Å²) in [4.78, 5) is 2.86. The number of rotatable bonds is 0. The van der Waals surface area contributed by atoms with E-state index in [9.17, 15) is 0 Å². The zero-order chi connectivity index (χ0) is 7.78. The van der Waals surface area contributed by atoms with Crippen molar-refractivity contribution in [3.8, 4) is 0 Å². The van der Waals surface area contributed by atoms with E-state index in [4.69, 9.17) is 0 Å². The molecule has 0 aliphatic carbocycles. The van der Waals surface area contributed by atoms with Crippen LogP contribution in [0.4, 0.5) is 0 Å². The van der Waals surface area contributed by atoms with E-state index in [1.807, 2.05) is 24.5 Å². The van der Waals surface area contributed by atoms with Crippen molar-refractivity contribution in [2.24, 2.45) is 0 Å². The molecule has 0 bridgehead atoms. The van der Waals surface area contributed by atoms with Gasteiger partial charge in [-0.1, -0.05) is 0 Å². The van der Waals surface area contributed by atoms with Crippen LogP contribution in [0, 0.1) is 0 Å². The standard InChI is InChI=1S/C4H5N.C3H3N3/c1-2-4-5-3-1;1-2-4-6-5-3-1/h1-5H;1-3H. The van der Waals surface area contributed by atoms with Gasteiger partial charge in [0.15, 0.2) is 0 Å². The molecule has 0 amide bonds. The second-order valence-electron chi connectivity index (χ2n) is 1.70. The summed E-state index contributed by atoms with van der Waals surface area (Å²) in [5.74, 6) is 0. The first-order valence-corrected chi connectivity index (χ1v) is 3.16. The molecular weight excluding hydrogens is 140 g/mol. The monoisotopic (exact) mass is 148 g/mol. The molecular formula is C7H8N4. The van der Waals surface area contributed by atoms with Crippen molar-refractivity contribution in [2.45, 2.75) is 0 Å². The second-order valence-corrected chi connectivity index (χ2v) is 1.70. The van der Waals surface area contributed by atoms with Gasteiger partial charge in [0.1, 0.15) is 0 Å². The van der Waals surface area contributed by atoms with E-state index in [2.05, 4.69) is 20.4 Å². The fourth-order valence-corrected chi connectivity index (χ4v) is 0.483. The largest absolute Gasteiger partial charge is 0.368 e. The Bertz CT molecular complexity index is 196. The van der Waals surface area contributed by atoms with E-state index in [1.54, 1.807) is 18.5 Å². The molecule has 0 radical (unpaired) electrons. The molecule has 56 valence electrons. The van der Waals surface area contributed by atoms with Gasteiger partial charge in [0, 0.05) is 12.4 Å². The highest BCUT2D eigenvalue weighted by molar-refractivity contribution is 4.84. The first-order valence-electron chi connectivity index (χ1n) is 3.16. The number of hydrogen-bond acceptors (Lipinski definition) is 3. The summed E-state index contributed by atoms with van der Waals surface area (Å²) in [5, 5.41) is 10.1. The predicted molar refractivity (Wildman–Crippen MR) is 40.6 cm³/mol. The fraction of sp³-hybridized carbons (Fsp3) is 0. The van der Waals surface area contributed by atoms with Gasteiger partial charge in [-0.05, 0) is 23.4 Å². The molecule has 2 aromatic heterocycles. The lowest BCUT2D eigenvalue weighted by Gasteiger charge is -1.68. The third-order valence-electron chi connectivity index (χ3n) is 0.905. The topological polar surface area (TPSA) is 54.5 Å². The maximum absolute atomic E-state index is 3.42. The summed E-state index contributed by atoms with van der Waals surface area (Å²) in [7, 11) is 0. The molecule has 0 fully saturated rings. The summed E-state index contributed by atoms with van der Waals surface area (Å²) < 4.78 is 0. The minimum absolute atomic E-state index is 1.58. The molecule has 1 N–H and O–H groups in total. The van der Waals surface area contributed by atoms with E-state index in [-0.39, 0.29) is 0 Å². The highest BCUT2D eigenvalue weighted by Crippen LogP contribution is 1.72. The van der Waals surface area contributed by atoms with Crippen molar-refractivity contribution in [2.75, 3.05) is 0 Å². The quantitative estimate of drug-likeness (QED) is 0.603. The summed E-state index contributed by atoms with van der Waals surface area (Å²) in [5.41, 5.74) is 0. The smallest absolute Gasteiger partial charge is 0.0529 e. The van der Waals surface area contributed by atoms with Crippen molar-refractivity contribution < 1.29 is 0 Å². The van der Waals surface area contributed by atoms with Crippen LogP contribution < -0.4 is 0 Å². The zero-order valence-corrected chi connectivity index (χ0v) is 5.88. The first kappa shape index (κ1) is 7.40. The third-order valence-corrected chi connectivity index (χ3v) is 0.905. The first-order chi connectivity index (χ1) is 5.50. The molecule has 4 nitrogen and oxygen atoms in total. The molecule has 2 rings (SSSR count). The second kappa shape index (κ2) is 5.10. The van der Waals surface area contributed by atoms with Crippen LogP contribution in [0.3, 0.4) is 0 Å². The maximum atomic E-state index is 3.42. The summed E-state index contributed by atoms with van der Waals surface area (Å²) in [6, 6.07) is 5.60. The van der Waals surface area contributed by atoms with Gasteiger partial charge in [-0.15, -0.1) is 10.2 Å². The summed E-state index contributed by atoms with van der Waals surface area (Å²) in [6.45, 7) is 0. The van der Waals surface area contributed by atoms with Gasteiger partial charge in [0.25, 0.3) is 0 Å². The summed E-state index contributed by atoms with van der Waals surface area (Å²) in [6.07, 6.45) is 6.90. The molecule has 2 aromatic rings. The van der Waals surface area contributed by atoms with Crippen molar-refractivity contribution >= 4 is 0 Å². The van der Waals surface area contributed by atoms with Gasteiger partial charge in [-0.25, -0.2) is 0 Å². The van der Waals surface area contributed by atoms with Gasteiger partial charge < -0.3 is 4.98 Å². The van der Waals surface area contributed by atoms with Crippen LogP contribution in [-0.4, -0.2) is 20.4 Å². The van der Waals surface area contributed by atoms with E-state index in [0.29, 0.717) is 0 Å². The van der Waals surface area contributed by atoms with E-state index >= 15 is 0 Å². The molecule has 0 aliphatic rings. The lowest BCUT2D eigenvalue weighted by Crippen LogP contribution is -1.78. The molecule has 2 heterocycles. The minimum Gasteiger partial charge on any atom is -0.368 e. The van der Waals surface area contributed by atoms with Crippen LogP contribution in [-0.2, 0) is 0 Å². The number of H-pyrrole nitrogens is 1. The average Bonchev–Trinajstić information content (AvgIpc) is 2.64. The molecule has 0 spiro atoms. The van der Waals surface area contributed by atoms with Crippen molar-refractivity contribution in [1.29, 1.82) is 0 Å². The maximum Gasteiger partial charge on any atom is 0.0529 e. The average molecular weight is 148 g/mol. The predicted octanol–water partition coefficient (Wildman–Crippen LogP) is 0.886. The van der Waals surface area contributed by atoms with Crippen LogP contribution in [0.25, 0.3) is 0 Å². The fourth-order valence-electron chi connectivity index (χ4n) is 0.483. The van der Waals surface area contributed by atoms with Crippen molar-refractivity contribution in [3.63, 3.8) is 0 Å². The van der Waals surface area contributed by atoms with Crippen LogP contribution in [0.5, 0.6) is 0 Å². The lowest BCUT2D eigenvalue weighted by atomic mass is 10.7. The molecule has 0 saturated heterocycles. The van der Waals surface area contributed by atoms with Crippen molar-refractivity contribution in [1.82, 2.24) is 20.4 Å². The number of nitrogens with one attached hydrogen (secondary N) is 1. The van der Waals surface area contributed by atoms with E-state index in [1.165, 1.54) is 0 Å². The number of aromatic amines is 1. The SMILES string of the molecule is c1cc[nH]c1.c1cnnnc1. The third kappa shape index (κ3) is 3.80. The Morgan fingerprint density at radius 1 is 0.818 bits per heavy atom. The summed E-state index contributed by atoms with van der Waals surface area (Å²) >= 11 is 0. The Balaban J connectivity index is 0.000000112. The van der Waals surface area contributed by atoms with Gasteiger partial charge in [0.05, 0.1) is 12.4 Å².